The smallest absolute Gasteiger partial charge is 0.426 e. The molecule has 0 bridgehead atoms. The van der Waals surface area contributed by atoms with Crippen molar-refractivity contribution in [1.29, 1.82) is 0 Å². The van der Waals surface area contributed by atoms with Gasteiger partial charge in [0.05, 0.1) is 6.26 Å². The molecule has 0 fully saturated rings. The predicted molar refractivity (Wildman–Crippen MR) is 61.8 cm³/mol. The van der Waals surface area contributed by atoms with Gasteiger partial charge in [0.1, 0.15) is 5.75 Å². The fourth-order valence-corrected chi connectivity index (χ4v) is 3.10. The van der Waals surface area contributed by atoms with E-state index in [1.165, 1.54) is 24.3 Å². The van der Waals surface area contributed by atoms with Gasteiger partial charge in [-0.15, -0.1) is 0 Å². The van der Waals surface area contributed by atoms with Gasteiger partial charge < -0.3 is 4.52 Å². The van der Waals surface area contributed by atoms with Crippen LogP contribution in [0.2, 0.25) is 0 Å². The molecule has 0 radical (unpaired) electrons. The van der Waals surface area contributed by atoms with Crippen LogP contribution in [0.15, 0.2) is 30.3 Å². The van der Waals surface area contributed by atoms with Gasteiger partial charge >= 0.3 is 6.18 Å². The molecule has 0 aliphatic heterocycles. The summed E-state index contributed by atoms with van der Waals surface area (Å²) >= 11 is 0. The molecule has 1 aromatic rings. The predicted octanol–water partition coefficient (Wildman–Crippen LogP) is 2.40. The lowest BCUT2D eigenvalue weighted by molar-refractivity contribution is -0.169. The Balaban J connectivity index is 2.90. The van der Waals surface area contributed by atoms with Gasteiger partial charge in [-0.1, -0.05) is 18.2 Å². The molecule has 5 nitrogen and oxygen atoms in total. The monoisotopic (exact) mass is 318 g/mol. The molecule has 19 heavy (non-hydrogen) atoms. The van der Waals surface area contributed by atoms with Crippen molar-refractivity contribution in [2.24, 2.45) is 0 Å². The van der Waals surface area contributed by atoms with Gasteiger partial charge in [-0.2, -0.15) is 21.6 Å². The van der Waals surface area contributed by atoms with Crippen LogP contribution in [0.1, 0.15) is 0 Å². The Morgan fingerprint density at radius 2 is 1.74 bits per heavy atom. The second kappa shape index (κ2) is 5.94. The van der Waals surface area contributed by atoms with Crippen LogP contribution in [-0.4, -0.2) is 26.7 Å². The van der Waals surface area contributed by atoms with Crippen molar-refractivity contribution in [3.8, 4) is 5.75 Å². The normalized spacial score (nSPS) is 15.8. The number of rotatable bonds is 5. The maximum atomic E-state index is 12.6. The third-order valence-electron chi connectivity index (χ3n) is 1.74. The maximum absolute atomic E-state index is 12.6. The molecule has 0 aromatic heterocycles. The molecule has 0 aliphatic rings. The molecule has 1 rings (SSSR count). The zero-order chi connectivity index (χ0) is 14.7. The highest BCUT2D eigenvalue weighted by atomic mass is 32.2. The number of halogens is 3. The van der Waals surface area contributed by atoms with Gasteiger partial charge in [0.2, 0.25) is 0 Å². The maximum Gasteiger partial charge on any atom is 0.426 e. The van der Waals surface area contributed by atoms with Crippen molar-refractivity contribution >= 4 is 18.1 Å². The van der Waals surface area contributed by atoms with Crippen LogP contribution < -0.4 is 4.52 Å². The number of hydrogen-bond acceptors (Lipinski definition) is 5. The molecular weight excluding hydrogens is 308 g/mol. The van der Waals surface area contributed by atoms with Crippen LogP contribution in [0.4, 0.5) is 13.2 Å². The molecule has 2 unspecified atom stereocenters. The molecule has 0 spiro atoms. The summed E-state index contributed by atoms with van der Waals surface area (Å²) in [4.78, 5) is 0. The van der Waals surface area contributed by atoms with E-state index in [2.05, 4.69) is 8.71 Å². The zero-order valence-electron chi connectivity index (χ0n) is 9.55. The molecule has 0 heterocycles. The Labute approximate surface area is 108 Å². The minimum atomic E-state index is -5.12. The SMILES string of the molecule is CS(=O)(=O)OC([PH](=O)Oc1ccccc1)C(F)(F)F. The van der Waals surface area contributed by atoms with Crippen molar-refractivity contribution in [2.45, 2.75) is 12.0 Å². The standard InChI is InChI=1S/C9H10F3O5PS/c1-19(14,15)17-8(9(10,11)12)18(13)16-7-5-3-2-4-6-7/h2-6,8,18H,1H3. The number of para-hydroxylation sites is 1. The second-order valence-electron chi connectivity index (χ2n) is 3.46. The Morgan fingerprint density at radius 3 is 2.16 bits per heavy atom. The highest BCUT2D eigenvalue weighted by molar-refractivity contribution is 7.86. The Kier molecular flexibility index (Phi) is 5.00. The summed E-state index contributed by atoms with van der Waals surface area (Å²) in [7, 11) is -8.27. The highest BCUT2D eigenvalue weighted by Gasteiger charge is 2.48. The van der Waals surface area contributed by atoms with Gasteiger partial charge in [-0.25, -0.2) is 4.18 Å². The van der Waals surface area contributed by atoms with E-state index < -0.39 is 30.2 Å². The van der Waals surface area contributed by atoms with E-state index >= 15 is 0 Å². The molecule has 2 atom stereocenters. The van der Waals surface area contributed by atoms with E-state index in [4.69, 9.17) is 0 Å². The first kappa shape index (κ1) is 16.0. The summed E-state index contributed by atoms with van der Waals surface area (Å²) in [5.74, 6) is -3.08. The van der Waals surface area contributed by atoms with Crippen molar-refractivity contribution in [3.63, 3.8) is 0 Å². The number of hydrogen-bond donors (Lipinski definition) is 0. The van der Waals surface area contributed by atoms with Crippen LogP contribution in [0.5, 0.6) is 5.75 Å². The molecule has 108 valence electrons. The van der Waals surface area contributed by atoms with Gasteiger partial charge in [0.15, 0.2) is 0 Å². The van der Waals surface area contributed by atoms with Crippen LogP contribution in [0.25, 0.3) is 0 Å². The number of benzene rings is 1. The lowest BCUT2D eigenvalue weighted by atomic mass is 10.3. The van der Waals surface area contributed by atoms with E-state index in [-0.39, 0.29) is 5.75 Å². The third kappa shape index (κ3) is 5.63. The largest absolute Gasteiger partial charge is 0.443 e. The zero-order valence-corrected chi connectivity index (χ0v) is 11.4. The van der Waals surface area contributed by atoms with Crippen molar-refractivity contribution < 1.29 is 34.9 Å². The van der Waals surface area contributed by atoms with Crippen LogP contribution in [-0.2, 0) is 18.9 Å². The van der Waals surface area contributed by atoms with Crippen molar-refractivity contribution in [3.05, 3.63) is 30.3 Å². The molecule has 0 N–H and O–H groups in total. The average molecular weight is 318 g/mol. The fraction of sp³-hybridized carbons (Fsp3) is 0.333. The van der Waals surface area contributed by atoms with E-state index in [0.29, 0.717) is 6.26 Å². The first-order chi connectivity index (χ1) is 8.59. The minimum Gasteiger partial charge on any atom is -0.443 e. The molecule has 0 saturated carbocycles. The molecule has 1 aromatic carbocycles. The fourth-order valence-electron chi connectivity index (χ4n) is 1.06. The van der Waals surface area contributed by atoms with Gasteiger partial charge in [0.25, 0.3) is 24.0 Å². The molecule has 0 amide bonds. The van der Waals surface area contributed by atoms with E-state index in [1.54, 1.807) is 6.07 Å². The second-order valence-corrected chi connectivity index (χ2v) is 6.42. The summed E-state index contributed by atoms with van der Waals surface area (Å²) < 4.78 is 79.0. The van der Waals surface area contributed by atoms with Crippen LogP contribution in [0.3, 0.4) is 0 Å². The average Bonchev–Trinajstić information content (AvgIpc) is 2.24. The number of alkyl halides is 3. The van der Waals surface area contributed by atoms with E-state index in [0.717, 1.165) is 0 Å². The van der Waals surface area contributed by atoms with Gasteiger partial charge in [-0.05, 0) is 12.1 Å². The Morgan fingerprint density at radius 1 is 1.21 bits per heavy atom. The lowest BCUT2D eigenvalue weighted by Gasteiger charge is -2.19. The summed E-state index contributed by atoms with van der Waals surface area (Å²) in [5, 5.41) is 0. The summed E-state index contributed by atoms with van der Waals surface area (Å²) in [6.07, 6.45) is -4.68. The topological polar surface area (TPSA) is 69.7 Å². The minimum absolute atomic E-state index is 0.0715. The highest BCUT2D eigenvalue weighted by Crippen LogP contribution is 2.42. The lowest BCUT2D eigenvalue weighted by Crippen LogP contribution is -2.31. The van der Waals surface area contributed by atoms with Crippen LogP contribution in [0, 0.1) is 0 Å². The summed E-state index contributed by atoms with van der Waals surface area (Å²) in [6, 6.07) is 7.08. The molecule has 10 heteroatoms. The molecule has 0 saturated heterocycles. The Hall–Kier alpha value is -1.05. The first-order valence-electron chi connectivity index (χ1n) is 4.81. The van der Waals surface area contributed by atoms with Gasteiger partial charge in [-0.3, -0.25) is 4.57 Å². The van der Waals surface area contributed by atoms with Crippen LogP contribution >= 0.6 is 8.03 Å². The summed E-state index contributed by atoms with van der Waals surface area (Å²) in [6.45, 7) is 0. The van der Waals surface area contributed by atoms with E-state index in [1.807, 2.05) is 0 Å². The first-order valence-corrected chi connectivity index (χ1v) is 8.02. The Bertz CT molecular complexity index is 543. The quantitative estimate of drug-likeness (QED) is 0.616. The van der Waals surface area contributed by atoms with Crippen molar-refractivity contribution in [1.82, 2.24) is 0 Å². The molecule has 0 aliphatic carbocycles. The third-order valence-corrected chi connectivity index (χ3v) is 3.77. The summed E-state index contributed by atoms with van der Waals surface area (Å²) in [5.41, 5.74) is 0. The molecular formula is C9H10F3O5PS. The van der Waals surface area contributed by atoms with Crippen molar-refractivity contribution in [2.75, 3.05) is 6.26 Å². The van der Waals surface area contributed by atoms with Gasteiger partial charge in [0, 0.05) is 0 Å². The van der Waals surface area contributed by atoms with E-state index in [9.17, 15) is 26.2 Å².